The van der Waals surface area contributed by atoms with E-state index in [0.29, 0.717) is 12.5 Å². The Morgan fingerprint density at radius 1 is 1.28 bits per heavy atom. The van der Waals surface area contributed by atoms with Crippen LogP contribution in [0.1, 0.15) is 26.3 Å². The Bertz CT molecular complexity index is 375. The number of halogens is 1. The summed E-state index contributed by atoms with van der Waals surface area (Å²) in [6, 6.07) is 5.72. The van der Waals surface area contributed by atoms with E-state index in [4.69, 9.17) is 21.1 Å². The highest BCUT2D eigenvalue weighted by molar-refractivity contribution is 8.00. The number of methoxy groups -OCH3 is 1. The Morgan fingerprint density at radius 3 is 2.56 bits per heavy atom. The normalized spacial score (nSPS) is 11.4. The number of rotatable bonds is 6. The molecule has 0 saturated heterocycles. The van der Waals surface area contributed by atoms with E-state index >= 15 is 0 Å². The van der Waals surface area contributed by atoms with E-state index in [9.17, 15) is 0 Å². The van der Waals surface area contributed by atoms with Crippen molar-refractivity contribution in [3.05, 3.63) is 23.8 Å². The zero-order chi connectivity index (χ0) is 13.6. The van der Waals surface area contributed by atoms with Gasteiger partial charge in [-0.1, -0.05) is 20.8 Å². The first-order chi connectivity index (χ1) is 8.46. The van der Waals surface area contributed by atoms with Gasteiger partial charge in [0.2, 0.25) is 0 Å². The van der Waals surface area contributed by atoms with E-state index in [1.807, 2.05) is 30.0 Å². The Morgan fingerprint density at radius 2 is 2.00 bits per heavy atom. The highest BCUT2D eigenvalue weighted by Gasteiger charge is 2.10. The van der Waals surface area contributed by atoms with Crippen molar-refractivity contribution in [1.82, 2.24) is 0 Å². The van der Waals surface area contributed by atoms with Gasteiger partial charge in [0.25, 0.3) is 0 Å². The number of ether oxygens (including phenoxy) is 2. The Balaban J connectivity index is 2.51. The third-order valence-electron chi connectivity index (χ3n) is 2.29. The van der Waals surface area contributed by atoms with Gasteiger partial charge in [-0.25, -0.2) is 0 Å². The quantitative estimate of drug-likeness (QED) is 0.573. The molecule has 0 unspecified atom stereocenters. The standard InChI is InChI=1S/C14H21ClO2S/c1-14(2,3)18-8-7-17-13-6-5-12(16-4)9-11(13)10-15/h5-6,9H,7-8,10H2,1-4H3. The second-order valence-corrected chi connectivity index (χ2v) is 7.11. The summed E-state index contributed by atoms with van der Waals surface area (Å²) in [5.41, 5.74) is 0.969. The summed E-state index contributed by atoms with van der Waals surface area (Å²) in [4.78, 5) is 0. The fraction of sp³-hybridized carbons (Fsp3) is 0.571. The van der Waals surface area contributed by atoms with E-state index in [0.717, 1.165) is 22.8 Å². The fourth-order valence-corrected chi connectivity index (χ4v) is 2.42. The maximum absolute atomic E-state index is 5.91. The molecule has 0 N–H and O–H groups in total. The van der Waals surface area contributed by atoms with Crippen LogP contribution in [0.4, 0.5) is 0 Å². The fourth-order valence-electron chi connectivity index (χ4n) is 1.43. The van der Waals surface area contributed by atoms with Gasteiger partial charge in [-0.3, -0.25) is 0 Å². The number of thioether (sulfide) groups is 1. The molecular weight excluding hydrogens is 268 g/mol. The van der Waals surface area contributed by atoms with Crippen molar-refractivity contribution in [2.75, 3.05) is 19.5 Å². The van der Waals surface area contributed by atoms with Crippen LogP contribution in [0, 0.1) is 0 Å². The van der Waals surface area contributed by atoms with Crippen LogP contribution in [0.5, 0.6) is 11.5 Å². The second-order valence-electron chi connectivity index (χ2n) is 4.92. The van der Waals surface area contributed by atoms with Gasteiger partial charge < -0.3 is 9.47 Å². The number of hydrogen-bond acceptors (Lipinski definition) is 3. The van der Waals surface area contributed by atoms with E-state index in [1.54, 1.807) is 7.11 Å². The maximum atomic E-state index is 5.91. The lowest BCUT2D eigenvalue weighted by Crippen LogP contribution is -2.12. The van der Waals surface area contributed by atoms with Crippen molar-refractivity contribution < 1.29 is 9.47 Å². The van der Waals surface area contributed by atoms with Crippen molar-refractivity contribution in [1.29, 1.82) is 0 Å². The van der Waals surface area contributed by atoms with Crippen molar-refractivity contribution in [2.45, 2.75) is 31.4 Å². The predicted molar refractivity (Wildman–Crippen MR) is 80.3 cm³/mol. The summed E-state index contributed by atoms with van der Waals surface area (Å²) >= 11 is 7.80. The molecular formula is C14H21ClO2S. The molecule has 18 heavy (non-hydrogen) atoms. The van der Waals surface area contributed by atoms with E-state index < -0.39 is 0 Å². The molecule has 1 aromatic carbocycles. The lowest BCUT2D eigenvalue weighted by Gasteiger charge is -2.18. The SMILES string of the molecule is COc1ccc(OCCSC(C)(C)C)c(CCl)c1. The minimum atomic E-state index is 0.276. The molecule has 0 saturated carbocycles. The highest BCUT2D eigenvalue weighted by atomic mass is 35.5. The number of benzene rings is 1. The molecule has 1 aromatic rings. The van der Waals surface area contributed by atoms with Gasteiger partial charge in [0, 0.05) is 16.1 Å². The first-order valence-corrected chi connectivity index (χ1v) is 7.48. The second kappa shape index (κ2) is 7.15. The molecule has 1 rings (SSSR count). The van der Waals surface area contributed by atoms with Gasteiger partial charge in [0.15, 0.2) is 0 Å². The monoisotopic (exact) mass is 288 g/mol. The van der Waals surface area contributed by atoms with Gasteiger partial charge in [-0.15, -0.1) is 11.6 Å². The predicted octanol–water partition coefficient (Wildman–Crippen LogP) is 4.34. The number of hydrogen-bond donors (Lipinski definition) is 0. The summed E-state index contributed by atoms with van der Waals surface area (Å²) in [6.07, 6.45) is 0. The van der Waals surface area contributed by atoms with Crippen molar-refractivity contribution in [3.8, 4) is 11.5 Å². The molecule has 2 nitrogen and oxygen atoms in total. The van der Waals surface area contributed by atoms with Crippen LogP contribution in [0.2, 0.25) is 0 Å². The van der Waals surface area contributed by atoms with Crippen LogP contribution in [-0.4, -0.2) is 24.2 Å². The van der Waals surface area contributed by atoms with Crippen LogP contribution in [0.3, 0.4) is 0 Å². The van der Waals surface area contributed by atoms with E-state index in [-0.39, 0.29) is 4.75 Å². The molecule has 0 atom stereocenters. The Hall–Kier alpha value is -0.540. The van der Waals surface area contributed by atoms with Gasteiger partial charge in [0.05, 0.1) is 19.6 Å². The van der Waals surface area contributed by atoms with Crippen molar-refractivity contribution in [3.63, 3.8) is 0 Å². The van der Waals surface area contributed by atoms with Crippen molar-refractivity contribution in [2.24, 2.45) is 0 Å². The van der Waals surface area contributed by atoms with Gasteiger partial charge in [-0.05, 0) is 18.2 Å². The molecule has 0 aliphatic carbocycles. The van der Waals surface area contributed by atoms with Gasteiger partial charge in [0.1, 0.15) is 11.5 Å². The summed E-state index contributed by atoms with van der Waals surface area (Å²) < 4.78 is 11.2. The molecule has 0 heterocycles. The summed E-state index contributed by atoms with van der Waals surface area (Å²) in [6.45, 7) is 7.30. The summed E-state index contributed by atoms with van der Waals surface area (Å²) in [5.74, 6) is 3.05. The maximum Gasteiger partial charge on any atom is 0.124 e. The lowest BCUT2D eigenvalue weighted by molar-refractivity contribution is 0.339. The molecule has 0 aliphatic rings. The smallest absolute Gasteiger partial charge is 0.124 e. The summed E-state index contributed by atoms with van der Waals surface area (Å²) in [7, 11) is 1.65. The molecule has 0 spiro atoms. The first kappa shape index (κ1) is 15.5. The number of alkyl halides is 1. The molecule has 0 bridgehead atoms. The molecule has 102 valence electrons. The molecule has 0 amide bonds. The Labute approximate surface area is 119 Å². The van der Waals surface area contributed by atoms with E-state index in [2.05, 4.69) is 20.8 Å². The minimum absolute atomic E-state index is 0.276. The van der Waals surface area contributed by atoms with Crippen LogP contribution >= 0.6 is 23.4 Å². The lowest BCUT2D eigenvalue weighted by atomic mass is 10.2. The van der Waals surface area contributed by atoms with Crippen LogP contribution < -0.4 is 9.47 Å². The summed E-state index contributed by atoms with van der Waals surface area (Å²) in [5, 5.41) is 0. The average Bonchev–Trinajstić information content (AvgIpc) is 2.33. The average molecular weight is 289 g/mol. The first-order valence-electron chi connectivity index (χ1n) is 5.96. The zero-order valence-electron chi connectivity index (χ0n) is 11.5. The molecule has 0 aliphatic heterocycles. The van der Waals surface area contributed by atoms with Gasteiger partial charge in [-0.2, -0.15) is 11.8 Å². The van der Waals surface area contributed by atoms with Gasteiger partial charge >= 0.3 is 0 Å². The van der Waals surface area contributed by atoms with Crippen LogP contribution in [-0.2, 0) is 5.88 Å². The third kappa shape index (κ3) is 5.40. The molecule has 0 fully saturated rings. The minimum Gasteiger partial charge on any atom is -0.497 e. The Kier molecular flexibility index (Phi) is 6.16. The van der Waals surface area contributed by atoms with Crippen molar-refractivity contribution >= 4 is 23.4 Å². The largest absolute Gasteiger partial charge is 0.497 e. The zero-order valence-corrected chi connectivity index (χ0v) is 13.0. The van der Waals surface area contributed by atoms with Crippen LogP contribution in [0.25, 0.3) is 0 Å². The molecule has 0 aromatic heterocycles. The molecule has 0 radical (unpaired) electrons. The topological polar surface area (TPSA) is 18.5 Å². The van der Waals surface area contributed by atoms with E-state index in [1.165, 1.54) is 0 Å². The highest BCUT2D eigenvalue weighted by Crippen LogP contribution is 2.27. The van der Waals surface area contributed by atoms with Crippen LogP contribution in [0.15, 0.2) is 18.2 Å². The third-order valence-corrected chi connectivity index (χ3v) is 3.81. The molecule has 4 heteroatoms.